The van der Waals surface area contributed by atoms with Gasteiger partial charge < -0.3 is 10.3 Å². The van der Waals surface area contributed by atoms with Crippen LogP contribution in [-0.2, 0) is 0 Å². The molecule has 6 heteroatoms. The van der Waals surface area contributed by atoms with Crippen LogP contribution in [-0.4, -0.2) is 26.0 Å². The summed E-state index contributed by atoms with van der Waals surface area (Å²) in [5.74, 6) is 0.711. The molecule has 0 unspecified atom stereocenters. The standard InChI is InChI=1S/C24H21N5S/c1-4-8-21-15(5-1)12-22(30-21)16-11-18-19(14-27-23(18)26-13-16)20-9-10-25-24(29-20)28-17-6-2-3-7-17/h1,4-5,8-14,17H,2-3,6-7H2,(H,26,27)(H,25,28,29). The van der Waals surface area contributed by atoms with Crippen LogP contribution in [0.5, 0.6) is 0 Å². The molecule has 0 spiro atoms. The number of fused-ring (bicyclic) bond motifs is 2. The van der Waals surface area contributed by atoms with Crippen LogP contribution in [0.1, 0.15) is 25.7 Å². The maximum absolute atomic E-state index is 4.80. The number of thiophene rings is 1. The molecule has 1 aliphatic rings. The largest absolute Gasteiger partial charge is 0.351 e. The highest BCUT2D eigenvalue weighted by Crippen LogP contribution is 2.36. The molecule has 5 nitrogen and oxygen atoms in total. The van der Waals surface area contributed by atoms with Crippen molar-refractivity contribution in [1.82, 2.24) is 19.9 Å². The van der Waals surface area contributed by atoms with Gasteiger partial charge >= 0.3 is 0 Å². The van der Waals surface area contributed by atoms with Crippen LogP contribution in [0, 0.1) is 0 Å². The molecule has 1 aliphatic carbocycles. The first-order valence-electron chi connectivity index (χ1n) is 10.4. The third kappa shape index (κ3) is 3.13. The van der Waals surface area contributed by atoms with Crippen molar-refractivity contribution in [2.24, 2.45) is 0 Å². The van der Waals surface area contributed by atoms with Crippen LogP contribution in [0.25, 0.3) is 42.8 Å². The fraction of sp³-hybridized carbons (Fsp3) is 0.208. The van der Waals surface area contributed by atoms with Crippen molar-refractivity contribution in [2.75, 3.05) is 5.32 Å². The normalized spacial score (nSPS) is 14.7. The molecule has 1 saturated carbocycles. The number of hydrogen-bond donors (Lipinski definition) is 2. The average molecular weight is 412 g/mol. The van der Waals surface area contributed by atoms with E-state index in [0.29, 0.717) is 12.0 Å². The van der Waals surface area contributed by atoms with Crippen molar-refractivity contribution in [1.29, 1.82) is 0 Å². The summed E-state index contributed by atoms with van der Waals surface area (Å²) in [5, 5.41) is 5.84. The molecule has 30 heavy (non-hydrogen) atoms. The number of rotatable bonds is 4. The third-order valence-corrected chi connectivity index (χ3v) is 7.03. The molecular formula is C24H21N5S. The van der Waals surface area contributed by atoms with Crippen LogP contribution in [0.4, 0.5) is 5.95 Å². The summed E-state index contributed by atoms with van der Waals surface area (Å²) in [6, 6.07) is 15.4. The van der Waals surface area contributed by atoms with Gasteiger partial charge in [0, 0.05) is 50.7 Å². The van der Waals surface area contributed by atoms with Gasteiger partial charge in [-0.2, -0.15) is 0 Å². The fourth-order valence-electron chi connectivity index (χ4n) is 4.31. The van der Waals surface area contributed by atoms with Gasteiger partial charge in [0.25, 0.3) is 0 Å². The first-order valence-corrected chi connectivity index (χ1v) is 11.2. The third-order valence-electron chi connectivity index (χ3n) is 5.86. The van der Waals surface area contributed by atoms with Gasteiger partial charge in [-0.1, -0.05) is 31.0 Å². The molecule has 5 aromatic rings. The summed E-state index contributed by atoms with van der Waals surface area (Å²) in [4.78, 5) is 18.4. The van der Waals surface area contributed by atoms with E-state index < -0.39 is 0 Å². The van der Waals surface area contributed by atoms with Crippen LogP contribution in [0.3, 0.4) is 0 Å². The fourth-order valence-corrected chi connectivity index (χ4v) is 5.35. The lowest BCUT2D eigenvalue weighted by atomic mass is 10.1. The Morgan fingerprint density at radius 1 is 1.03 bits per heavy atom. The Hall–Kier alpha value is -3.25. The second kappa shape index (κ2) is 7.22. The molecule has 148 valence electrons. The van der Waals surface area contributed by atoms with E-state index in [-0.39, 0.29) is 0 Å². The Labute approximate surface area is 178 Å². The van der Waals surface area contributed by atoms with Crippen molar-refractivity contribution in [3.05, 3.63) is 61.1 Å². The zero-order chi connectivity index (χ0) is 19.9. The SMILES string of the molecule is c1ccc2sc(-c3cnc4[nH]cc(-c5ccnc(NC6CCCC6)n5)c4c3)cc2c1. The summed E-state index contributed by atoms with van der Waals surface area (Å²) in [6.07, 6.45) is 10.7. The number of benzene rings is 1. The summed E-state index contributed by atoms with van der Waals surface area (Å²) >= 11 is 1.80. The molecule has 4 heterocycles. The van der Waals surface area contributed by atoms with Crippen LogP contribution in [0.2, 0.25) is 0 Å². The second-order valence-electron chi connectivity index (χ2n) is 7.86. The van der Waals surface area contributed by atoms with Crippen molar-refractivity contribution in [2.45, 2.75) is 31.7 Å². The Bertz CT molecular complexity index is 1310. The minimum Gasteiger partial charge on any atom is -0.351 e. The van der Waals surface area contributed by atoms with E-state index in [1.165, 1.54) is 40.6 Å². The molecule has 4 aromatic heterocycles. The number of nitrogens with zero attached hydrogens (tertiary/aromatic N) is 3. The summed E-state index contributed by atoms with van der Waals surface area (Å²) < 4.78 is 1.29. The Morgan fingerprint density at radius 2 is 1.93 bits per heavy atom. The van der Waals surface area contributed by atoms with Crippen LogP contribution < -0.4 is 5.32 Å². The number of nitrogens with one attached hydrogen (secondary N) is 2. The van der Waals surface area contributed by atoms with Gasteiger partial charge in [0.05, 0.1) is 5.69 Å². The molecule has 0 amide bonds. The van der Waals surface area contributed by atoms with Crippen molar-refractivity contribution in [3.63, 3.8) is 0 Å². The van der Waals surface area contributed by atoms with Crippen LogP contribution in [0.15, 0.2) is 61.1 Å². The molecule has 1 fully saturated rings. The van der Waals surface area contributed by atoms with E-state index in [0.717, 1.165) is 27.9 Å². The predicted octanol–water partition coefficient (Wildman–Crippen LogP) is 6.26. The van der Waals surface area contributed by atoms with Crippen molar-refractivity contribution in [3.8, 4) is 21.7 Å². The zero-order valence-corrected chi connectivity index (χ0v) is 17.2. The van der Waals surface area contributed by atoms with E-state index in [1.807, 2.05) is 24.7 Å². The summed E-state index contributed by atoms with van der Waals surface area (Å²) in [6.45, 7) is 0. The van der Waals surface area contributed by atoms with E-state index in [1.54, 1.807) is 11.3 Å². The Balaban J connectivity index is 1.39. The van der Waals surface area contributed by atoms with Gasteiger partial charge in [-0.05, 0) is 42.5 Å². The zero-order valence-electron chi connectivity index (χ0n) is 16.4. The highest BCUT2D eigenvalue weighted by Gasteiger charge is 2.17. The first kappa shape index (κ1) is 17.6. The number of aromatic amines is 1. The smallest absolute Gasteiger partial charge is 0.223 e. The first-order chi connectivity index (χ1) is 14.8. The highest BCUT2D eigenvalue weighted by atomic mass is 32.1. The van der Waals surface area contributed by atoms with Crippen molar-refractivity contribution >= 4 is 38.4 Å². The minimum absolute atomic E-state index is 0.490. The second-order valence-corrected chi connectivity index (χ2v) is 8.95. The van der Waals surface area contributed by atoms with Gasteiger partial charge in [-0.15, -0.1) is 11.3 Å². The molecule has 1 aromatic carbocycles. The maximum Gasteiger partial charge on any atom is 0.223 e. The lowest BCUT2D eigenvalue weighted by Gasteiger charge is -2.12. The molecule has 0 atom stereocenters. The van der Waals surface area contributed by atoms with Gasteiger partial charge in [0.15, 0.2) is 0 Å². The minimum atomic E-state index is 0.490. The maximum atomic E-state index is 4.80. The lowest BCUT2D eigenvalue weighted by Crippen LogP contribution is -2.16. The van der Waals surface area contributed by atoms with Gasteiger partial charge in [0.1, 0.15) is 5.65 Å². The molecule has 6 rings (SSSR count). The monoisotopic (exact) mass is 411 g/mol. The van der Waals surface area contributed by atoms with E-state index in [9.17, 15) is 0 Å². The van der Waals surface area contributed by atoms with Crippen LogP contribution >= 0.6 is 11.3 Å². The number of aromatic nitrogens is 4. The molecule has 2 N–H and O–H groups in total. The molecule has 0 radical (unpaired) electrons. The van der Waals surface area contributed by atoms with Gasteiger partial charge in [0.2, 0.25) is 5.95 Å². The topological polar surface area (TPSA) is 66.5 Å². The number of hydrogen-bond acceptors (Lipinski definition) is 5. The Morgan fingerprint density at radius 3 is 2.83 bits per heavy atom. The number of anilines is 1. The van der Waals surface area contributed by atoms with E-state index >= 15 is 0 Å². The highest BCUT2D eigenvalue weighted by molar-refractivity contribution is 7.22. The average Bonchev–Trinajstić information content (AvgIpc) is 3.52. The Kier molecular flexibility index (Phi) is 4.23. The van der Waals surface area contributed by atoms with Gasteiger partial charge in [-0.25, -0.2) is 15.0 Å². The van der Waals surface area contributed by atoms with Gasteiger partial charge in [-0.3, -0.25) is 0 Å². The van der Waals surface area contributed by atoms with Crippen molar-refractivity contribution < 1.29 is 0 Å². The van der Waals surface area contributed by atoms with E-state index in [4.69, 9.17) is 4.98 Å². The predicted molar refractivity (Wildman–Crippen MR) is 124 cm³/mol. The summed E-state index contributed by atoms with van der Waals surface area (Å²) in [7, 11) is 0. The quantitative estimate of drug-likeness (QED) is 0.366. The molecule has 0 saturated heterocycles. The number of pyridine rings is 1. The summed E-state index contributed by atoms with van der Waals surface area (Å²) in [5.41, 5.74) is 3.96. The molecular weight excluding hydrogens is 390 g/mol. The molecule has 0 bridgehead atoms. The lowest BCUT2D eigenvalue weighted by molar-refractivity contribution is 0.744. The molecule has 0 aliphatic heterocycles. The number of H-pyrrole nitrogens is 1. The van der Waals surface area contributed by atoms with E-state index in [2.05, 4.69) is 56.7 Å².